The van der Waals surface area contributed by atoms with E-state index in [0.29, 0.717) is 25.2 Å². The van der Waals surface area contributed by atoms with Crippen LogP contribution in [0.2, 0.25) is 6.04 Å². The zero-order valence-corrected chi connectivity index (χ0v) is 21.3. The van der Waals surface area contributed by atoms with E-state index in [1.165, 1.54) is 5.56 Å². The topological polar surface area (TPSA) is 46.2 Å². The van der Waals surface area contributed by atoms with Gasteiger partial charge in [0.05, 0.1) is 6.61 Å². The van der Waals surface area contributed by atoms with Gasteiger partial charge in [-0.25, -0.2) is 0 Å². The molecule has 0 saturated carbocycles. The number of hydrogen-bond acceptors (Lipinski definition) is 5. The number of benzene rings is 1. The highest BCUT2D eigenvalue weighted by atomic mass is 35.5. The van der Waals surface area contributed by atoms with Crippen molar-refractivity contribution >= 4 is 21.2 Å². The SMILES string of the molecule is CO[Si](CCCOCCOc1ccc(C(C)(C)CC(C)(C)C)cc1)(OC)OC.Cl. The Balaban J connectivity index is 0.00000784. The van der Waals surface area contributed by atoms with Crippen molar-refractivity contribution in [3.05, 3.63) is 29.8 Å². The molecule has 1 aromatic carbocycles. The van der Waals surface area contributed by atoms with Gasteiger partial charge < -0.3 is 22.8 Å². The summed E-state index contributed by atoms with van der Waals surface area (Å²) in [6.07, 6.45) is 1.96. The van der Waals surface area contributed by atoms with Gasteiger partial charge in [0.15, 0.2) is 0 Å². The summed E-state index contributed by atoms with van der Waals surface area (Å²) >= 11 is 0. The normalized spacial score (nSPS) is 12.6. The minimum Gasteiger partial charge on any atom is -0.491 e. The fraction of sp³-hybridized carbons (Fsp3) is 0.727. The number of hydrogen-bond donors (Lipinski definition) is 0. The molecule has 0 aliphatic heterocycles. The van der Waals surface area contributed by atoms with E-state index in [1.807, 2.05) is 0 Å². The van der Waals surface area contributed by atoms with Crippen LogP contribution in [0.1, 0.15) is 53.0 Å². The Kier molecular flexibility index (Phi) is 12.6. The summed E-state index contributed by atoms with van der Waals surface area (Å²) in [7, 11) is 2.40. The van der Waals surface area contributed by atoms with Gasteiger partial charge in [-0.1, -0.05) is 46.8 Å². The second kappa shape index (κ2) is 12.9. The van der Waals surface area contributed by atoms with Crippen molar-refractivity contribution in [1.29, 1.82) is 0 Å². The zero-order valence-electron chi connectivity index (χ0n) is 19.5. The third-order valence-electron chi connectivity index (χ3n) is 4.81. The van der Waals surface area contributed by atoms with Crippen LogP contribution >= 0.6 is 12.4 Å². The van der Waals surface area contributed by atoms with Crippen LogP contribution in [0.5, 0.6) is 5.75 Å². The molecule has 1 aromatic rings. The van der Waals surface area contributed by atoms with Crippen LogP contribution < -0.4 is 4.74 Å². The van der Waals surface area contributed by atoms with Crippen molar-refractivity contribution < 1.29 is 22.8 Å². The molecule has 0 spiro atoms. The van der Waals surface area contributed by atoms with Crippen molar-refractivity contribution in [2.24, 2.45) is 5.41 Å². The lowest BCUT2D eigenvalue weighted by Gasteiger charge is -2.33. The minimum absolute atomic E-state index is 0. The zero-order chi connectivity index (χ0) is 21.3. The van der Waals surface area contributed by atoms with Gasteiger partial charge in [-0.2, -0.15) is 0 Å². The second-order valence-electron chi connectivity index (χ2n) is 9.01. The third kappa shape index (κ3) is 10.3. The van der Waals surface area contributed by atoms with Crippen molar-refractivity contribution in [2.75, 3.05) is 41.2 Å². The van der Waals surface area contributed by atoms with Crippen LogP contribution in [-0.2, 0) is 23.4 Å². The van der Waals surface area contributed by atoms with Crippen molar-refractivity contribution in [2.45, 2.75) is 58.9 Å². The highest BCUT2D eigenvalue weighted by Gasteiger charge is 2.36. The lowest BCUT2D eigenvalue weighted by Crippen LogP contribution is -2.42. The van der Waals surface area contributed by atoms with Gasteiger partial charge in [0.1, 0.15) is 12.4 Å². The summed E-state index contributed by atoms with van der Waals surface area (Å²) in [6.45, 7) is 13.2. The third-order valence-corrected chi connectivity index (χ3v) is 7.64. The maximum atomic E-state index is 5.80. The van der Waals surface area contributed by atoms with Crippen LogP contribution in [0, 0.1) is 5.41 Å². The summed E-state index contributed by atoms with van der Waals surface area (Å²) < 4.78 is 27.6. The number of ether oxygens (including phenoxy) is 2. The number of rotatable bonds is 13. The van der Waals surface area contributed by atoms with E-state index < -0.39 is 8.80 Å². The summed E-state index contributed by atoms with van der Waals surface area (Å²) in [6, 6.07) is 9.19. The molecule has 0 atom stereocenters. The van der Waals surface area contributed by atoms with E-state index in [1.54, 1.807) is 21.3 Å². The lowest BCUT2D eigenvalue weighted by atomic mass is 9.72. The summed E-state index contributed by atoms with van der Waals surface area (Å²) in [5, 5.41) is 0. The predicted molar refractivity (Wildman–Crippen MR) is 123 cm³/mol. The van der Waals surface area contributed by atoms with Crippen LogP contribution in [-0.4, -0.2) is 50.0 Å². The van der Waals surface area contributed by atoms with Crippen molar-refractivity contribution in [1.82, 2.24) is 0 Å². The molecule has 7 heteroatoms. The first-order valence-electron chi connectivity index (χ1n) is 10.0. The maximum Gasteiger partial charge on any atom is 0.500 e. The first-order chi connectivity index (χ1) is 13.1. The summed E-state index contributed by atoms with van der Waals surface area (Å²) in [5.74, 6) is 0.878. The van der Waals surface area contributed by atoms with E-state index in [-0.39, 0.29) is 17.8 Å². The monoisotopic (exact) mass is 448 g/mol. The Labute approximate surface area is 185 Å². The molecule has 0 N–H and O–H groups in total. The van der Waals surface area contributed by atoms with E-state index in [9.17, 15) is 0 Å². The molecule has 0 aromatic heterocycles. The van der Waals surface area contributed by atoms with Gasteiger partial charge in [-0.15, -0.1) is 12.4 Å². The quantitative estimate of drug-likeness (QED) is 0.295. The van der Waals surface area contributed by atoms with Crippen LogP contribution in [0.25, 0.3) is 0 Å². The second-order valence-corrected chi connectivity index (χ2v) is 12.1. The molecule has 170 valence electrons. The highest BCUT2D eigenvalue weighted by molar-refractivity contribution is 6.60. The fourth-order valence-electron chi connectivity index (χ4n) is 3.70. The Bertz CT molecular complexity index is 545. The summed E-state index contributed by atoms with van der Waals surface area (Å²) in [5.41, 5.74) is 1.78. The molecule has 0 saturated heterocycles. The Morgan fingerprint density at radius 2 is 1.34 bits per heavy atom. The molecule has 5 nitrogen and oxygen atoms in total. The van der Waals surface area contributed by atoms with Crippen LogP contribution in [0.3, 0.4) is 0 Å². The average molecular weight is 449 g/mol. The molecule has 0 fully saturated rings. The molecule has 0 aliphatic rings. The van der Waals surface area contributed by atoms with E-state index in [2.05, 4.69) is 58.9 Å². The molecular weight excluding hydrogens is 408 g/mol. The van der Waals surface area contributed by atoms with Crippen molar-refractivity contribution in [3.8, 4) is 5.75 Å². The Morgan fingerprint density at radius 3 is 1.83 bits per heavy atom. The smallest absolute Gasteiger partial charge is 0.491 e. The van der Waals surface area contributed by atoms with Gasteiger partial charge in [0.25, 0.3) is 0 Å². The Morgan fingerprint density at radius 1 is 0.793 bits per heavy atom. The Hall–Kier alpha value is -0.633. The molecule has 0 radical (unpaired) electrons. The summed E-state index contributed by atoms with van der Waals surface area (Å²) in [4.78, 5) is 0. The lowest BCUT2D eigenvalue weighted by molar-refractivity contribution is 0.0903. The van der Waals surface area contributed by atoms with Crippen molar-refractivity contribution in [3.63, 3.8) is 0 Å². The van der Waals surface area contributed by atoms with Gasteiger partial charge in [0, 0.05) is 34.0 Å². The standard InChI is InChI=1S/C22H40O5Si.ClH/c1-21(2,3)18-22(4,5)19-10-12-20(13-11-19)27-16-15-26-14-9-17-28(23-6,24-7)25-8;/h10-13H,9,14-18H2,1-8H3;1H. The van der Waals surface area contributed by atoms with E-state index in [4.69, 9.17) is 22.8 Å². The molecule has 0 aliphatic carbocycles. The minimum atomic E-state index is -2.49. The first kappa shape index (κ1) is 28.4. The molecule has 29 heavy (non-hydrogen) atoms. The van der Waals surface area contributed by atoms with Gasteiger partial charge >= 0.3 is 8.80 Å². The van der Waals surface area contributed by atoms with Gasteiger partial charge in [-0.05, 0) is 41.4 Å². The maximum absolute atomic E-state index is 5.80. The molecular formula is C22H41ClO5Si. The largest absolute Gasteiger partial charge is 0.500 e. The molecule has 1 rings (SSSR count). The molecule has 0 heterocycles. The number of halogens is 1. The van der Waals surface area contributed by atoms with E-state index in [0.717, 1.165) is 24.6 Å². The van der Waals surface area contributed by atoms with Crippen LogP contribution in [0.15, 0.2) is 24.3 Å². The molecule has 0 unspecified atom stereocenters. The average Bonchev–Trinajstić information content (AvgIpc) is 2.63. The van der Waals surface area contributed by atoms with Gasteiger partial charge in [0.2, 0.25) is 0 Å². The van der Waals surface area contributed by atoms with E-state index >= 15 is 0 Å². The highest BCUT2D eigenvalue weighted by Crippen LogP contribution is 2.36. The molecule has 0 amide bonds. The fourth-order valence-corrected chi connectivity index (χ4v) is 5.39. The molecule has 0 bridgehead atoms. The van der Waals surface area contributed by atoms with Gasteiger partial charge in [-0.3, -0.25) is 0 Å². The first-order valence-corrected chi connectivity index (χ1v) is 12.0. The van der Waals surface area contributed by atoms with Crippen LogP contribution in [0.4, 0.5) is 0 Å². The predicted octanol–water partition coefficient (Wildman–Crippen LogP) is 5.49.